The maximum Gasteiger partial charge on any atom is 0.250 e. The fourth-order valence-corrected chi connectivity index (χ4v) is 2.55. The fourth-order valence-electron chi connectivity index (χ4n) is 1.50. The second kappa shape index (κ2) is 6.14. The van der Waals surface area contributed by atoms with Gasteiger partial charge in [0.15, 0.2) is 0 Å². The molecule has 3 nitrogen and oxygen atoms in total. The molecule has 0 atom stereocenters. The quantitative estimate of drug-likeness (QED) is 0.861. The van der Waals surface area contributed by atoms with Crippen molar-refractivity contribution in [3.63, 3.8) is 0 Å². The van der Waals surface area contributed by atoms with Crippen molar-refractivity contribution in [2.24, 2.45) is 0 Å². The van der Waals surface area contributed by atoms with Crippen molar-refractivity contribution in [2.45, 2.75) is 13.1 Å². The van der Waals surface area contributed by atoms with Gasteiger partial charge in [0.2, 0.25) is 0 Å². The summed E-state index contributed by atoms with van der Waals surface area (Å²) in [6.07, 6.45) is 1.81. The number of pyridine rings is 1. The summed E-state index contributed by atoms with van der Waals surface area (Å²) in [7, 11) is 0. The lowest BCUT2D eigenvalue weighted by Crippen LogP contribution is -2.25. The van der Waals surface area contributed by atoms with E-state index in [0.717, 1.165) is 17.6 Å². The summed E-state index contributed by atoms with van der Waals surface area (Å²) >= 11 is 5.09. The van der Waals surface area contributed by atoms with Crippen molar-refractivity contribution in [1.82, 2.24) is 9.88 Å². The van der Waals surface area contributed by atoms with Crippen molar-refractivity contribution < 1.29 is 0 Å². The Bertz CT molecular complexity index is 522. The van der Waals surface area contributed by atoms with E-state index in [9.17, 15) is 4.79 Å². The Hall–Kier alpha value is -0.910. The van der Waals surface area contributed by atoms with E-state index in [1.807, 2.05) is 12.3 Å². The van der Waals surface area contributed by atoms with Gasteiger partial charge in [-0.25, -0.2) is 0 Å². The number of aromatic nitrogens is 1. The molecule has 2 rings (SSSR count). The van der Waals surface area contributed by atoms with Gasteiger partial charge >= 0.3 is 0 Å². The summed E-state index contributed by atoms with van der Waals surface area (Å²) in [6.45, 7) is 2.33. The molecule has 0 saturated carbocycles. The molecule has 2 heterocycles. The number of nitrogens with one attached hydrogen (secondary N) is 1. The van der Waals surface area contributed by atoms with Gasteiger partial charge in [-0.1, -0.05) is 6.07 Å². The van der Waals surface area contributed by atoms with Crippen molar-refractivity contribution in [3.05, 3.63) is 55.5 Å². The van der Waals surface area contributed by atoms with Crippen LogP contribution in [0.25, 0.3) is 0 Å². The Labute approximate surface area is 112 Å². The van der Waals surface area contributed by atoms with E-state index in [1.54, 1.807) is 28.0 Å². The van der Waals surface area contributed by atoms with Gasteiger partial charge in [-0.05, 0) is 33.4 Å². The fraction of sp³-hybridized carbons (Fsp3) is 0.250. The third-order valence-corrected chi connectivity index (χ3v) is 3.70. The maximum absolute atomic E-state index is 11.5. The Kier molecular flexibility index (Phi) is 4.53. The highest BCUT2D eigenvalue weighted by Crippen LogP contribution is 2.07. The number of rotatable bonds is 5. The van der Waals surface area contributed by atoms with Gasteiger partial charge < -0.3 is 9.88 Å². The molecule has 0 aliphatic carbocycles. The lowest BCUT2D eigenvalue weighted by atomic mass is 10.4. The van der Waals surface area contributed by atoms with E-state index < -0.39 is 0 Å². The first-order chi connectivity index (χ1) is 8.25. The van der Waals surface area contributed by atoms with Crippen molar-refractivity contribution in [3.8, 4) is 0 Å². The maximum atomic E-state index is 11.5. The number of hydrogen-bond acceptors (Lipinski definition) is 3. The second-order valence-electron chi connectivity index (χ2n) is 3.64. The second-order valence-corrected chi connectivity index (χ2v) is 5.58. The highest BCUT2D eigenvalue weighted by Gasteiger charge is 1.97. The lowest BCUT2D eigenvalue weighted by Gasteiger charge is -2.06. The molecular formula is C12H13BrN2OS. The third-order valence-electron chi connectivity index (χ3n) is 2.36. The summed E-state index contributed by atoms with van der Waals surface area (Å²) in [5.74, 6) is 0. The van der Waals surface area contributed by atoms with Crippen LogP contribution in [-0.4, -0.2) is 11.1 Å². The van der Waals surface area contributed by atoms with Crippen LogP contribution in [0.4, 0.5) is 0 Å². The molecule has 0 amide bonds. The minimum Gasteiger partial charge on any atom is -0.313 e. The van der Waals surface area contributed by atoms with E-state index in [1.165, 1.54) is 4.88 Å². The number of thiophene rings is 1. The average Bonchev–Trinajstić information content (AvgIpc) is 2.82. The average molecular weight is 313 g/mol. The first-order valence-electron chi connectivity index (χ1n) is 5.35. The Morgan fingerprint density at radius 1 is 1.35 bits per heavy atom. The molecule has 0 spiro atoms. The zero-order valence-corrected chi connectivity index (χ0v) is 11.6. The number of nitrogens with zero attached hydrogens (tertiary/aromatic N) is 1. The minimum atomic E-state index is 0.0334. The molecule has 0 fully saturated rings. The monoisotopic (exact) mass is 312 g/mol. The van der Waals surface area contributed by atoms with Crippen LogP contribution in [0.2, 0.25) is 0 Å². The molecule has 1 N–H and O–H groups in total. The van der Waals surface area contributed by atoms with Gasteiger partial charge in [0.25, 0.3) is 5.56 Å². The zero-order valence-electron chi connectivity index (χ0n) is 9.23. The van der Waals surface area contributed by atoms with Crippen LogP contribution < -0.4 is 10.9 Å². The summed E-state index contributed by atoms with van der Waals surface area (Å²) in [5, 5.41) is 5.38. The van der Waals surface area contributed by atoms with Crippen LogP contribution in [0.5, 0.6) is 0 Å². The summed E-state index contributed by atoms with van der Waals surface area (Å²) in [4.78, 5) is 12.8. The van der Waals surface area contributed by atoms with Gasteiger partial charge in [-0.3, -0.25) is 4.79 Å². The van der Waals surface area contributed by atoms with Gasteiger partial charge in [0.05, 0.1) is 0 Å². The van der Waals surface area contributed by atoms with Crippen molar-refractivity contribution in [2.75, 3.05) is 6.54 Å². The molecule has 0 aliphatic heterocycles. The molecule has 0 saturated heterocycles. The molecular weight excluding hydrogens is 300 g/mol. The zero-order chi connectivity index (χ0) is 12.1. The first kappa shape index (κ1) is 12.5. The van der Waals surface area contributed by atoms with Crippen LogP contribution in [0.3, 0.4) is 0 Å². The Morgan fingerprint density at radius 3 is 3.00 bits per heavy atom. The smallest absolute Gasteiger partial charge is 0.250 e. The normalized spacial score (nSPS) is 10.6. The molecule has 0 bridgehead atoms. The highest BCUT2D eigenvalue weighted by molar-refractivity contribution is 9.10. The summed E-state index contributed by atoms with van der Waals surface area (Å²) in [6, 6.07) is 7.48. The van der Waals surface area contributed by atoms with Crippen molar-refractivity contribution >= 4 is 27.3 Å². The van der Waals surface area contributed by atoms with E-state index >= 15 is 0 Å². The van der Waals surface area contributed by atoms with E-state index in [2.05, 4.69) is 32.7 Å². The SMILES string of the molecule is O=c1ccc(Br)cn1CCNCc1cccs1. The van der Waals surface area contributed by atoms with Crippen LogP contribution >= 0.6 is 27.3 Å². The minimum absolute atomic E-state index is 0.0334. The predicted octanol–water partition coefficient (Wildman–Crippen LogP) is 2.46. The van der Waals surface area contributed by atoms with Crippen molar-refractivity contribution in [1.29, 1.82) is 0 Å². The topological polar surface area (TPSA) is 34.0 Å². The van der Waals surface area contributed by atoms with Crippen LogP contribution in [0.1, 0.15) is 4.88 Å². The third kappa shape index (κ3) is 3.80. The molecule has 17 heavy (non-hydrogen) atoms. The van der Waals surface area contributed by atoms with E-state index in [-0.39, 0.29) is 5.56 Å². The van der Waals surface area contributed by atoms with E-state index in [4.69, 9.17) is 0 Å². The molecule has 2 aromatic rings. The van der Waals surface area contributed by atoms with Gasteiger partial charge in [0.1, 0.15) is 0 Å². The molecule has 0 aromatic carbocycles. The largest absolute Gasteiger partial charge is 0.313 e. The molecule has 2 aromatic heterocycles. The van der Waals surface area contributed by atoms with Crippen LogP contribution in [-0.2, 0) is 13.1 Å². The summed E-state index contributed by atoms with van der Waals surface area (Å²) in [5.41, 5.74) is 0.0334. The van der Waals surface area contributed by atoms with Gasteiger partial charge in [-0.2, -0.15) is 0 Å². The lowest BCUT2D eigenvalue weighted by molar-refractivity contribution is 0.587. The van der Waals surface area contributed by atoms with Crippen LogP contribution in [0.15, 0.2) is 45.1 Å². The van der Waals surface area contributed by atoms with Gasteiger partial charge in [-0.15, -0.1) is 11.3 Å². The number of halogens is 1. The highest BCUT2D eigenvalue weighted by atomic mass is 79.9. The molecule has 90 valence electrons. The molecule has 0 radical (unpaired) electrons. The Balaban J connectivity index is 1.82. The number of hydrogen-bond donors (Lipinski definition) is 1. The standard InChI is InChI=1S/C12H13BrN2OS/c13-10-3-4-12(16)15(9-10)6-5-14-8-11-2-1-7-17-11/h1-4,7,9,14H,5-6,8H2. The summed E-state index contributed by atoms with van der Waals surface area (Å²) < 4.78 is 2.63. The Morgan fingerprint density at radius 2 is 2.24 bits per heavy atom. The molecule has 5 heteroatoms. The molecule has 0 aliphatic rings. The predicted molar refractivity (Wildman–Crippen MR) is 74.4 cm³/mol. The molecule has 0 unspecified atom stereocenters. The first-order valence-corrected chi connectivity index (χ1v) is 7.02. The van der Waals surface area contributed by atoms with Crippen LogP contribution in [0, 0.1) is 0 Å². The van der Waals surface area contributed by atoms with E-state index in [0.29, 0.717) is 6.54 Å². The van der Waals surface area contributed by atoms with Gasteiger partial charge in [0, 0.05) is 41.2 Å².